The third-order valence-corrected chi connectivity index (χ3v) is 1.76. The molecule has 1 aliphatic rings. The molecule has 0 aromatic rings. The number of likely N-dealkylation sites (tertiary alicyclic amines) is 1. The Bertz CT molecular complexity index is 106. The molecule has 0 aromatic heterocycles. The molecular weight excluding hydrogens is 131 g/mol. The van der Waals surface area contributed by atoms with Crippen LogP contribution in [0.25, 0.3) is 0 Å². The van der Waals surface area contributed by atoms with Crippen molar-refractivity contribution in [2.24, 2.45) is 5.73 Å². The molecule has 0 spiro atoms. The third kappa shape index (κ3) is 2.23. The van der Waals surface area contributed by atoms with Crippen LogP contribution < -0.4 is 5.73 Å². The first-order valence-electron chi connectivity index (χ1n) is 3.80. The Labute approximate surface area is 61.2 Å². The molecule has 0 saturated carbocycles. The van der Waals surface area contributed by atoms with Crippen molar-refractivity contribution in [1.29, 1.82) is 0 Å². The Morgan fingerprint density at radius 1 is 1.80 bits per heavy atom. The zero-order valence-electron chi connectivity index (χ0n) is 6.39. The highest BCUT2D eigenvalue weighted by molar-refractivity contribution is 4.76. The monoisotopic (exact) mass is 146 g/mol. The van der Waals surface area contributed by atoms with E-state index >= 15 is 0 Å². The van der Waals surface area contributed by atoms with Crippen LogP contribution in [0.15, 0.2) is 0 Å². The van der Waals surface area contributed by atoms with Gasteiger partial charge < -0.3 is 5.73 Å². The summed E-state index contributed by atoms with van der Waals surface area (Å²) in [6.07, 6.45) is 0.0750. The Balaban J connectivity index is 2.18. The number of hydrogen-bond donors (Lipinski definition) is 1. The first-order valence-corrected chi connectivity index (χ1v) is 3.80. The predicted octanol–water partition coefficient (Wildman–Crippen LogP) is 0.377. The molecule has 0 bridgehead atoms. The minimum atomic E-state index is -0.612. The Kier molecular flexibility index (Phi) is 2.63. The summed E-state index contributed by atoms with van der Waals surface area (Å²) in [4.78, 5) is 2.08. The Morgan fingerprint density at radius 2 is 2.50 bits per heavy atom. The SMILES string of the molecule is C[C@@H](N)CN1CC[C@H](F)C1. The van der Waals surface area contributed by atoms with Crippen LogP contribution >= 0.6 is 0 Å². The highest BCUT2D eigenvalue weighted by Gasteiger charge is 2.21. The van der Waals surface area contributed by atoms with Gasteiger partial charge in [0.15, 0.2) is 0 Å². The van der Waals surface area contributed by atoms with Gasteiger partial charge in [0.1, 0.15) is 6.17 Å². The van der Waals surface area contributed by atoms with E-state index < -0.39 is 6.17 Å². The molecule has 0 aliphatic carbocycles. The van der Waals surface area contributed by atoms with Crippen molar-refractivity contribution >= 4 is 0 Å². The van der Waals surface area contributed by atoms with Gasteiger partial charge in [0, 0.05) is 25.7 Å². The summed E-state index contributed by atoms with van der Waals surface area (Å²) in [6, 6.07) is 0.172. The van der Waals surface area contributed by atoms with Gasteiger partial charge in [-0.3, -0.25) is 4.90 Å². The van der Waals surface area contributed by atoms with Gasteiger partial charge in [-0.2, -0.15) is 0 Å². The van der Waals surface area contributed by atoms with Crippen LogP contribution in [-0.4, -0.2) is 36.7 Å². The molecule has 0 radical (unpaired) electrons. The second-order valence-electron chi connectivity index (χ2n) is 3.12. The third-order valence-electron chi connectivity index (χ3n) is 1.76. The van der Waals surface area contributed by atoms with E-state index in [4.69, 9.17) is 5.73 Å². The van der Waals surface area contributed by atoms with Crippen molar-refractivity contribution in [3.8, 4) is 0 Å². The highest BCUT2D eigenvalue weighted by Crippen LogP contribution is 2.11. The van der Waals surface area contributed by atoms with Gasteiger partial charge in [-0.25, -0.2) is 4.39 Å². The standard InChI is InChI=1S/C7H15FN2/c1-6(9)4-10-3-2-7(8)5-10/h6-7H,2-5,9H2,1H3/t6-,7+/m1/s1. The molecule has 3 heteroatoms. The van der Waals surface area contributed by atoms with E-state index in [0.717, 1.165) is 13.1 Å². The molecule has 0 aromatic carbocycles. The van der Waals surface area contributed by atoms with Gasteiger partial charge in [0.2, 0.25) is 0 Å². The van der Waals surface area contributed by atoms with Gasteiger partial charge in [-0.15, -0.1) is 0 Å². The van der Waals surface area contributed by atoms with Crippen LogP contribution in [0, 0.1) is 0 Å². The van der Waals surface area contributed by atoms with Gasteiger partial charge in [-0.05, 0) is 13.3 Å². The molecule has 1 rings (SSSR count). The molecule has 2 nitrogen and oxygen atoms in total. The average molecular weight is 146 g/mol. The molecule has 0 unspecified atom stereocenters. The van der Waals surface area contributed by atoms with E-state index in [2.05, 4.69) is 4.90 Å². The van der Waals surface area contributed by atoms with Gasteiger partial charge in [-0.1, -0.05) is 0 Å². The summed E-state index contributed by atoms with van der Waals surface area (Å²) < 4.78 is 12.5. The second-order valence-corrected chi connectivity index (χ2v) is 3.12. The lowest BCUT2D eigenvalue weighted by atomic mass is 10.3. The molecule has 2 atom stereocenters. The topological polar surface area (TPSA) is 29.3 Å². The minimum Gasteiger partial charge on any atom is -0.327 e. The number of nitrogens with zero attached hydrogens (tertiary/aromatic N) is 1. The molecule has 1 fully saturated rings. The number of rotatable bonds is 2. The van der Waals surface area contributed by atoms with Crippen LogP contribution in [0.3, 0.4) is 0 Å². The first-order chi connectivity index (χ1) is 4.68. The largest absolute Gasteiger partial charge is 0.327 e. The number of nitrogens with two attached hydrogens (primary N) is 1. The van der Waals surface area contributed by atoms with Gasteiger partial charge in [0.05, 0.1) is 0 Å². The van der Waals surface area contributed by atoms with Crippen molar-refractivity contribution in [2.45, 2.75) is 25.6 Å². The molecule has 60 valence electrons. The summed E-state index contributed by atoms with van der Waals surface area (Å²) in [5, 5.41) is 0. The van der Waals surface area contributed by atoms with Crippen LogP contribution in [0.5, 0.6) is 0 Å². The molecule has 0 amide bonds. The maximum Gasteiger partial charge on any atom is 0.114 e. The lowest BCUT2D eigenvalue weighted by Crippen LogP contribution is -2.34. The van der Waals surface area contributed by atoms with Crippen LogP contribution in [0.2, 0.25) is 0 Å². The van der Waals surface area contributed by atoms with E-state index in [0.29, 0.717) is 13.0 Å². The minimum absolute atomic E-state index is 0.172. The normalized spacial score (nSPS) is 30.9. The predicted molar refractivity (Wildman–Crippen MR) is 39.6 cm³/mol. The maximum absolute atomic E-state index is 12.5. The van der Waals surface area contributed by atoms with E-state index in [1.165, 1.54) is 0 Å². The van der Waals surface area contributed by atoms with Gasteiger partial charge in [0.25, 0.3) is 0 Å². The summed E-state index contributed by atoms with van der Waals surface area (Å²) in [5.41, 5.74) is 5.55. The van der Waals surface area contributed by atoms with Gasteiger partial charge >= 0.3 is 0 Å². The van der Waals surface area contributed by atoms with E-state index in [1.54, 1.807) is 0 Å². The molecule has 1 saturated heterocycles. The zero-order valence-corrected chi connectivity index (χ0v) is 6.39. The lowest BCUT2D eigenvalue weighted by molar-refractivity contribution is 0.278. The first kappa shape index (κ1) is 7.95. The van der Waals surface area contributed by atoms with E-state index in [-0.39, 0.29) is 6.04 Å². The summed E-state index contributed by atoms with van der Waals surface area (Å²) in [5.74, 6) is 0. The van der Waals surface area contributed by atoms with E-state index in [1.807, 2.05) is 6.92 Å². The van der Waals surface area contributed by atoms with Crippen LogP contribution in [-0.2, 0) is 0 Å². The fraction of sp³-hybridized carbons (Fsp3) is 1.00. The summed E-state index contributed by atoms with van der Waals surface area (Å²) in [7, 11) is 0. The van der Waals surface area contributed by atoms with Crippen LogP contribution in [0.1, 0.15) is 13.3 Å². The Hall–Kier alpha value is -0.150. The molecule has 1 aliphatic heterocycles. The van der Waals surface area contributed by atoms with Crippen molar-refractivity contribution in [1.82, 2.24) is 4.90 Å². The van der Waals surface area contributed by atoms with Crippen molar-refractivity contribution < 1.29 is 4.39 Å². The summed E-state index contributed by atoms with van der Waals surface area (Å²) >= 11 is 0. The van der Waals surface area contributed by atoms with Crippen LogP contribution in [0.4, 0.5) is 4.39 Å². The lowest BCUT2D eigenvalue weighted by Gasteiger charge is -2.16. The molecule has 10 heavy (non-hydrogen) atoms. The molecule has 2 N–H and O–H groups in total. The van der Waals surface area contributed by atoms with Crippen molar-refractivity contribution in [3.05, 3.63) is 0 Å². The van der Waals surface area contributed by atoms with E-state index in [9.17, 15) is 4.39 Å². The smallest absolute Gasteiger partial charge is 0.114 e. The molecular formula is C7H15FN2. The average Bonchev–Trinajstić information content (AvgIpc) is 2.13. The number of halogens is 1. The highest BCUT2D eigenvalue weighted by atomic mass is 19.1. The maximum atomic E-state index is 12.5. The fourth-order valence-corrected chi connectivity index (χ4v) is 1.36. The second kappa shape index (κ2) is 3.30. The summed E-state index contributed by atoms with van der Waals surface area (Å²) in [6.45, 7) is 4.25. The van der Waals surface area contributed by atoms with Crippen molar-refractivity contribution in [3.63, 3.8) is 0 Å². The zero-order chi connectivity index (χ0) is 7.56. The quantitative estimate of drug-likeness (QED) is 0.610. The fourth-order valence-electron chi connectivity index (χ4n) is 1.36. The number of alkyl halides is 1. The molecule has 1 heterocycles. The number of hydrogen-bond acceptors (Lipinski definition) is 2. The van der Waals surface area contributed by atoms with Crippen molar-refractivity contribution in [2.75, 3.05) is 19.6 Å². The Morgan fingerprint density at radius 3 is 2.90 bits per heavy atom.